The quantitative estimate of drug-likeness (QED) is 0.559. The van der Waals surface area contributed by atoms with Crippen molar-refractivity contribution in [3.05, 3.63) is 89.0 Å². The monoisotopic (exact) mass is 331 g/mol. The van der Waals surface area contributed by atoms with Crippen molar-refractivity contribution in [1.29, 1.82) is 0 Å². The van der Waals surface area contributed by atoms with Gasteiger partial charge in [0.1, 0.15) is 0 Å². The van der Waals surface area contributed by atoms with Crippen molar-refractivity contribution in [3.8, 4) is 0 Å². The number of carbonyl (C=O) groups excluding carboxylic acids is 2. The first kappa shape index (κ1) is 14.7. The molecule has 116 valence electrons. The molecule has 0 aromatic heterocycles. The highest BCUT2D eigenvalue weighted by Gasteiger charge is 2.31. The Morgan fingerprint density at radius 2 is 1.38 bits per heavy atom. The van der Waals surface area contributed by atoms with E-state index in [1.165, 1.54) is 11.8 Å². The highest BCUT2D eigenvalue weighted by atomic mass is 32.2. The van der Waals surface area contributed by atoms with Crippen LogP contribution < -0.4 is 5.73 Å². The van der Waals surface area contributed by atoms with Crippen LogP contribution in [-0.4, -0.2) is 11.6 Å². The molecule has 1 aliphatic carbocycles. The second-order valence-electron chi connectivity index (χ2n) is 5.56. The summed E-state index contributed by atoms with van der Waals surface area (Å²) in [6, 6.07) is 19.8. The van der Waals surface area contributed by atoms with E-state index in [-0.39, 0.29) is 11.6 Å². The minimum Gasteiger partial charge on any atom is -0.399 e. The van der Waals surface area contributed by atoms with Crippen LogP contribution in [-0.2, 0) is 0 Å². The smallest absolute Gasteiger partial charge is 0.195 e. The molecule has 3 aromatic rings. The van der Waals surface area contributed by atoms with Crippen LogP contribution >= 0.6 is 11.8 Å². The molecule has 0 saturated heterocycles. The van der Waals surface area contributed by atoms with Gasteiger partial charge >= 0.3 is 0 Å². The number of anilines is 1. The maximum absolute atomic E-state index is 12.9. The van der Waals surface area contributed by atoms with E-state index in [9.17, 15) is 9.59 Å². The fraction of sp³-hybridized carbons (Fsp3) is 0. The molecule has 0 spiro atoms. The largest absolute Gasteiger partial charge is 0.399 e. The first-order valence-corrected chi connectivity index (χ1v) is 8.31. The number of hydrogen-bond acceptors (Lipinski definition) is 4. The number of benzene rings is 3. The number of nitrogens with two attached hydrogens (primary N) is 1. The Kier molecular flexibility index (Phi) is 3.47. The minimum atomic E-state index is -0.104. The maximum Gasteiger partial charge on any atom is 0.195 e. The van der Waals surface area contributed by atoms with Gasteiger partial charge in [-0.1, -0.05) is 54.2 Å². The van der Waals surface area contributed by atoms with Gasteiger partial charge in [-0.2, -0.15) is 0 Å². The van der Waals surface area contributed by atoms with Crippen LogP contribution in [0.5, 0.6) is 0 Å². The lowest BCUT2D eigenvalue weighted by molar-refractivity contribution is 0.0977. The molecule has 0 atom stereocenters. The third-order valence-corrected chi connectivity index (χ3v) is 5.05. The van der Waals surface area contributed by atoms with E-state index in [0.717, 1.165) is 9.79 Å². The molecule has 0 unspecified atom stereocenters. The molecular formula is C20H13NO2S. The molecule has 4 rings (SSSR count). The lowest BCUT2D eigenvalue weighted by Gasteiger charge is -2.19. The number of hydrogen-bond donors (Lipinski definition) is 1. The van der Waals surface area contributed by atoms with E-state index < -0.39 is 0 Å². The third kappa shape index (κ3) is 2.32. The van der Waals surface area contributed by atoms with Gasteiger partial charge in [-0.3, -0.25) is 9.59 Å². The highest BCUT2D eigenvalue weighted by molar-refractivity contribution is 7.99. The molecule has 4 heteroatoms. The summed E-state index contributed by atoms with van der Waals surface area (Å²) in [4.78, 5) is 27.4. The summed E-state index contributed by atoms with van der Waals surface area (Å²) in [5, 5.41) is 0. The highest BCUT2D eigenvalue weighted by Crippen LogP contribution is 2.37. The molecular weight excluding hydrogens is 318 g/mol. The van der Waals surface area contributed by atoms with Crippen molar-refractivity contribution < 1.29 is 9.59 Å². The fourth-order valence-electron chi connectivity index (χ4n) is 2.90. The second-order valence-corrected chi connectivity index (χ2v) is 6.67. The number of nitrogen functional groups attached to an aromatic ring is 1. The SMILES string of the molecule is Nc1cccc(Sc2cccc3c2C(=O)c2ccccc2C3=O)c1. The van der Waals surface area contributed by atoms with Crippen LogP contribution in [0.3, 0.4) is 0 Å². The van der Waals surface area contributed by atoms with Gasteiger partial charge in [0, 0.05) is 37.7 Å². The van der Waals surface area contributed by atoms with Crippen LogP contribution in [0.2, 0.25) is 0 Å². The molecule has 0 bridgehead atoms. The predicted molar refractivity (Wildman–Crippen MR) is 94.7 cm³/mol. The summed E-state index contributed by atoms with van der Waals surface area (Å²) in [6.45, 7) is 0. The van der Waals surface area contributed by atoms with E-state index in [0.29, 0.717) is 27.9 Å². The third-order valence-electron chi connectivity index (χ3n) is 4.00. The van der Waals surface area contributed by atoms with E-state index in [2.05, 4.69) is 0 Å². The first-order valence-electron chi connectivity index (χ1n) is 7.50. The van der Waals surface area contributed by atoms with Gasteiger partial charge in [0.2, 0.25) is 0 Å². The topological polar surface area (TPSA) is 60.2 Å². The molecule has 1 aliphatic rings. The zero-order chi connectivity index (χ0) is 16.7. The Balaban J connectivity index is 1.85. The van der Waals surface area contributed by atoms with Crippen LogP contribution in [0.4, 0.5) is 5.69 Å². The molecule has 2 N–H and O–H groups in total. The predicted octanol–water partition coefficient (Wildman–Crippen LogP) is 4.20. The summed E-state index contributed by atoms with van der Waals surface area (Å²) in [5.74, 6) is -0.206. The van der Waals surface area contributed by atoms with Crippen LogP contribution in [0.15, 0.2) is 76.5 Å². The molecule has 0 heterocycles. The van der Waals surface area contributed by atoms with Crippen molar-refractivity contribution in [3.63, 3.8) is 0 Å². The van der Waals surface area contributed by atoms with Crippen molar-refractivity contribution >= 4 is 29.0 Å². The average molecular weight is 331 g/mol. The summed E-state index contributed by atoms with van der Waals surface area (Å²) in [5.41, 5.74) is 8.38. The van der Waals surface area contributed by atoms with Gasteiger partial charge in [-0.05, 0) is 24.3 Å². The molecule has 0 radical (unpaired) electrons. The summed E-state index contributed by atoms with van der Waals surface area (Å²) in [6.07, 6.45) is 0. The normalized spacial score (nSPS) is 12.7. The van der Waals surface area contributed by atoms with Gasteiger partial charge in [0.05, 0.1) is 0 Å². The number of fused-ring (bicyclic) bond motifs is 2. The van der Waals surface area contributed by atoms with Gasteiger partial charge in [-0.25, -0.2) is 0 Å². The average Bonchev–Trinajstić information content (AvgIpc) is 2.60. The zero-order valence-electron chi connectivity index (χ0n) is 12.7. The Morgan fingerprint density at radius 3 is 2.12 bits per heavy atom. The molecule has 24 heavy (non-hydrogen) atoms. The van der Waals surface area contributed by atoms with E-state index in [4.69, 9.17) is 5.73 Å². The standard InChI is InChI=1S/C20H13NO2S/c21-12-5-3-6-13(11-12)24-17-10-4-9-16-18(17)20(23)15-8-2-1-7-14(15)19(16)22/h1-11H,21H2. The van der Waals surface area contributed by atoms with E-state index in [1.54, 1.807) is 30.3 Å². The van der Waals surface area contributed by atoms with Crippen molar-refractivity contribution in [2.45, 2.75) is 9.79 Å². The first-order chi connectivity index (χ1) is 11.6. The Bertz CT molecular complexity index is 994. The van der Waals surface area contributed by atoms with Gasteiger partial charge in [-0.15, -0.1) is 0 Å². The molecule has 0 saturated carbocycles. The molecule has 0 aliphatic heterocycles. The van der Waals surface area contributed by atoms with Gasteiger partial charge < -0.3 is 5.73 Å². The molecule has 3 aromatic carbocycles. The lowest BCUT2D eigenvalue weighted by atomic mass is 9.84. The Labute approximate surface area is 143 Å². The number of rotatable bonds is 2. The summed E-state index contributed by atoms with van der Waals surface area (Å²) >= 11 is 1.44. The fourth-order valence-corrected chi connectivity index (χ4v) is 3.95. The molecule has 0 fully saturated rings. The van der Waals surface area contributed by atoms with Crippen LogP contribution in [0.1, 0.15) is 31.8 Å². The van der Waals surface area contributed by atoms with Crippen molar-refractivity contribution in [1.82, 2.24) is 0 Å². The molecule has 0 amide bonds. The van der Waals surface area contributed by atoms with Gasteiger partial charge in [0.25, 0.3) is 0 Å². The molecule has 3 nitrogen and oxygen atoms in total. The number of ketones is 2. The lowest BCUT2D eigenvalue weighted by Crippen LogP contribution is -2.21. The van der Waals surface area contributed by atoms with Gasteiger partial charge in [0.15, 0.2) is 11.6 Å². The summed E-state index contributed by atoms with van der Waals surface area (Å²) in [7, 11) is 0. The van der Waals surface area contributed by atoms with Crippen molar-refractivity contribution in [2.24, 2.45) is 0 Å². The van der Waals surface area contributed by atoms with E-state index >= 15 is 0 Å². The van der Waals surface area contributed by atoms with E-state index in [1.807, 2.05) is 36.4 Å². The second kappa shape index (κ2) is 5.65. The van der Waals surface area contributed by atoms with Crippen LogP contribution in [0.25, 0.3) is 0 Å². The number of carbonyl (C=O) groups is 2. The van der Waals surface area contributed by atoms with Crippen LogP contribution in [0, 0.1) is 0 Å². The Morgan fingerprint density at radius 1 is 0.708 bits per heavy atom. The summed E-state index contributed by atoms with van der Waals surface area (Å²) < 4.78 is 0. The Hall–Kier alpha value is -2.85. The van der Waals surface area contributed by atoms with Crippen molar-refractivity contribution in [2.75, 3.05) is 5.73 Å². The zero-order valence-corrected chi connectivity index (χ0v) is 13.5. The maximum atomic E-state index is 12.9. The minimum absolute atomic E-state index is 0.102.